The lowest BCUT2D eigenvalue weighted by molar-refractivity contribution is 0.652. The second-order valence-electron chi connectivity index (χ2n) is 16.3. The van der Waals surface area contributed by atoms with Crippen LogP contribution in [0.4, 0.5) is 17.1 Å². The first-order chi connectivity index (χ1) is 29.5. The molecule has 1 aliphatic heterocycles. The van der Waals surface area contributed by atoms with Crippen LogP contribution in [0.25, 0.3) is 33.4 Å². The van der Waals surface area contributed by atoms with Crippen molar-refractivity contribution in [1.29, 1.82) is 0 Å². The molecular formula is C58H43NS. The van der Waals surface area contributed by atoms with Crippen molar-refractivity contribution in [3.05, 3.63) is 258 Å². The molecule has 1 aliphatic carbocycles. The van der Waals surface area contributed by atoms with Crippen LogP contribution in [0.15, 0.2) is 234 Å². The molecule has 286 valence electrons. The van der Waals surface area contributed by atoms with Gasteiger partial charge in [0.2, 0.25) is 0 Å². The number of hydrogen-bond acceptors (Lipinski definition) is 2. The summed E-state index contributed by atoms with van der Waals surface area (Å²) in [6.07, 6.45) is 0. The lowest BCUT2D eigenvalue weighted by Crippen LogP contribution is -2.30. The molecule has 2 unspecified atom stereocenters. The second kappa shape index (κ2) is 14.4. The Labute approximate surface area is 357 Å². The SMILES string of the molecule is CC1(c2ccccc2)c2ccccc2Sc2c1ccc1c2-c2ccc(N(c3ccc(-c4ccccc4)cc3)c3ccc(-c4ccccc4)cc3)cc2C1(C)c1ccccc1. The Morgan fingerprint density at radius 3 is 1.33 bits per heavy atom. The fourth-order valence-electron chi connectivity index (χ4n) is 9.92. The van der Waals surface area contributed by atoms with Crippen molar-refractivity contribution in [3.63, 3.8) is 0 Å². The number of anilines is 3. The summed E-state index contributed by atoms with van der Waals surface area (Å²) < 4.78 is 0. The number of hydrogen-bond donors (Lipinski definition) is 0. The highest BCUT2D eigenvalue weighted by Gasteiger charge is 2.46. The van der Waals surface area contributed by atoms with Gasteiger partial charge in [-0.2, -0.15) is 0 Å². The van der Waals surface area contributed by atoms with Crippen LogP contribution in [-0.4, -0.2) is 0 Å². The number of rotatable bonds is 7. The predicted octanol–water partition coefficient (Wildman–Crippen LogP) is 15.6. The van der Waals surface area contributed by atoms with Crippen LogP contribution in [-0.2, 0) is 10.8 Å². The summed E-state index contributed by atoms with van der Waals surface area (Å²) in [6, 6.07) is 82.6. The van der Waals surface area contributed by atoms with Gasteiger partial charge in [0.25, 0.3) is 0 Å². The van der Waals surface area contributed by atoms with Crippen molar-refractivity contribution in [2.45, 2.75) is 34.5 Å². The average molecular weight is 786 g/mol. The first kappa shape index (κ1) is 36.2. The van der Waals surface area contributed by atoms with Crippen LogP contribution in [0, 0.1) is 0 Å². The van der Waals surface area contributed by atoms with E-state index in [0.29, 0.717) is 0 Å². The fourth-order valence-corrected chi connectivity index (χ4v) is 11.4. The van der Waals surface area contributed by atoms with E-state index >= 15 is 0 Å². The minimum atomic E-state index is -0.391. The number of fused-ring (bicyclic) bond motifs is 6. The first-order valence-electron chi connectivity index (χ1n) is 20.8. The molecule has 11 rings (SSSR count). The molecule has 0 aromatic heterocycles. The maximum Gasteiger partial charge on any atom is 0.0465 e. The highest BCUT2D eigenvalue weighted by atomic mass is 32.2. The smallest absolute Gasteiger partial charge is 0.0465 e. The van der Waals surface area contributed by atoms with E-state index in [-0.39, 0.29) is 5.41 Å². The van der Waals surface area contributed by atoms with Gasteiger partial charge < -0.3 is 4.90 Å². The van der Waals surface area contributed by atoms with Gasteiger partial charge in [0.15, 0.2) is 0 Å². The topological polar surface area (TPSA) is 3.24 Å². The van der Waals surface area contributed by atoms with Crippen molar-refractivity contribution in [2.24, 2.45) is 0 Å². The van der Waals surface area contributed by atoms with Gasteiger partial charge in [0, 0.05) is 43.2 Å². The van der Waals surface area contributed by atoms with Crippen LogP contribution in [0.3, 0.4) is 0 Å². The molecule has 9 aromatic carbocycles. The van der Waals surface area contributed by atoms with Gasteiger partial charge in [-0.3, -0.25) is 0 Å². The molecule has 1 nitrogen and oxygen atoms in total. The highest BCUT2D eigenvalue weighted by Crippen LogP contribution is 2.62. The lowest BCUT2D eigenvalue weighted by atomic mass is 9.69. The Bertz CT molecular complexity index is 2910. The van der Waals surface area contributed by atoms with E-state index in [1.54, 1.807) is 0 Å². The van der Waals surface area contributed by atoms with Crippen LogP contribution in [0.1, 0.15) is 47.2 Å². The Hall–Kier alpha value is -6.87. The molecule has 0 N–H and O–H groups in total. The van der Waals surface area contributed by atoms with E-state index < -0.39 is 5.41 Å². The molecule has 60 heavy (non-hydrogen) atoms. The minimum Gasteiger partial charge on any atom is -0.310 e. The summed E-state index contributed by atoms with van der Waals surface area (Å²) in [7, 11) is 0. The Kier molecular flexibility index (Phi) is 8.72. The van der Waals surface area contributed by atoms with Gasteiger partial charge in [-0.05, 0) is 118 Å². The Balaban J connectivity index is 1.12. The Morgan fingerprint density at radius 2 is 0.783 bits per heavy atom. The molecule has 2 atom stereocenters. The van der Waals surface area contributed by atoms with Crippen molar-refractivity contribution in [3.8, 4) is 33.4 Å². The Morgan fingerprint density at radius 1 is 0.350 bits per heavy atom. The van der Waals surface area contributed by atoms with Gasteiger partial charge in [0.1, 0.15) is 0 Å². The van der Waals surface area contributed by atoms with Gasteiger partial charge in [0.05, 0.1) is 0 Å². The van der Waals surface area contributed by atoms with E-state index in [9.17, 15) is 0 Å². The zero-order valence-electron chi connectivity index (χ0n) is 33.7. The van der Waals surface area contributed by atoms with E-state index in [1.165, 1.54) is 76.6 Å². The molecule has 0 spiro atoms. The maximum absolute atomic E-state index is 2.47. The van der Waals surface area contributed by atoms with Crippen LogP contribution < -0.4 is 4.90 Å². The molecular weight excluding hydrogens is 743 g/mol. The highest BCUT2D eigenvalue weighted by molar-refractivity contribution is 7.99. The van der Waals surface area contributed by atoms with Gasteiger partial charge in [-0.1, -0.05) is 194 Å². The zero-order valence-corrected chi connectivity index (χ0v) is 34.5. The zero-order chi connectivity index (χ0) is 40.3. The van der Waals surface area contributed by atoms with Crippen molar-refractivity contribution >= 4 is 28.8 Å². The van der Waals surface area contributed by atoms with Crippen LogP contribution >= 0.6 is 11.8 Å². The van der Waals surface area contributed by atoms with Crippen LogP contribution in [0.2, 0.25) is 0 Å². The quantitative estimate of drug-likeness (QED) is 0.158. The van der Waals surface area contributed by atoms with E-state index in [0.717, 1.165) is 17.1 Å². The summed E-state index contributed by atoms with van der Waals surface area (Å²) in [4.78, 5) is 5.10. The molecule has 0 fully saturated rings. The third-order valence-electron chi connectivity index (χ3n) is 13.1. The predicted molar refractivity (Wildman–Crippen MR) is 252 cm³/mol. The van der Waals surface area contributed by atoms with Crippen LogP contribution in [0.5, 0.6) is 0 Å². The molecule has 1 heterocycles. The summed E-state index contributed by atoms with van der Waals surface area (Å²) in [5, 5.41) is 0. The number of nitrogens with zero attached hydrogens (tertiary/aromatic N) is 1. The van der Waals surface area contributed by atoms with Crippen molar-refractivity contribution < 1.29 is 0 Å². The van der Waals surface area contributed by atoms with Crippen molar-refractivity contribution in [1.82, 2.24) is 0 Å². The minimum absolute atomic E-state index is 0.312. The molecule has 0 bridgehead atoms. The van der Waals surface area contributed by atoms with E-state index in [4.69, 9.17) is 0 Å². The monoisotopic (exact) mass is 785 g/mol. The molecule has 2 heteroatoms. The molecule has 2 aliphatic rings. The number of benzene rings is 9. The van der Waals surface area contributed by atoms with Gasteiger partial charge in [-0.15, -0.1) is 0 Å². The summed E-state index contributed by atoms with van der Waals surface area (Å²) in [5.74, 6) is 0. The summed E-state index contributed by atoms with van der Waals surface area (Å²) in [5.41, 5.74) is 18.1. The molecule has 0 amide bonds. The molecule has 0 saturated carbocycles. The standard InChI is InChI=1S/C58H43NS/c1-57(44-21-11-5-12-22-44)50-25-15-16-26-54(50)60-56-52(57)38-37-51-55(56)49-36-35-48(39-53(49)58(51,2)45-23-13-6-14-24-45)59(46-31-27-42(28-32-46)40-17-7-3-8-18-40)47-33-29-43(30-34-47)41-19-9-4-10-20-41/h3-39H,1-2H3. The third kappa shape index (κ3) is 5.70. The molecule has 9 aromatic rings. The van der Waals surface area contributed by atoms with E-state index in [1.807, 2.05) is 11.8 Å². The van der Waals surface area contributed by atoms with E-state index in [2.05, 4.69) is 243 Å². The summed E-state index contributed by atoms with van der Waals surface area (Å²) in [6.45, 7) is 4.86. The maximum atomic E-state index is 2.47. The first-order valence-corrected chi connectivity index (χ1v) is 21.7. The molecule has 0 saturated heterocycles. The van der Waals surface area contributed by atoms with Gasteiger partial charge in [-0.25, -0.2) is 0 Å². The largest absolute Gasteiger partial charge is 0.310 e. The second-order valence-corrected chi connectivity index (χ2v) is 17.4. The summed E-state index contributed by atoms with van der Waals surface area (Å²) >= 11 is 1.94. The molecule has 0 radical (unpaired) electrons. The normalized spacial score (nSPS) is 17.2. The third-order valence-corrected chi connectivity index (χ3v) is 14.3. The average Bonchev–Trinajstić information content (AvgIpc) is 3.59. The van der Waals surface area contributed by atoms with Gasteiger partial charge >= 0.3 is 0 Å². The lowest BCUT2D eigenvalue weighted by Gasteiger charge is -2.39. The van der Waals surface area contributed by atoms with Crippen molar-refractivity contribution in [2.75, 3.05) is 4.90 Å². The fraction of sp³-hybridized carbons (Fsp3) is 0.0690.